The van der Waals surface area contributed by atoms with Gasteiger partial charge in [-0.25, -0.2) is 9.97 Å². The summed E-state index contributed by atoms with van der Waals surface area (Å²) in [7, 11) is 0. The highest BCUT2D eigenvalue weighted by Crippen LogP contribution is 2.32. The Morgan fingerprint density at radius 3 is 2.54 bits per heavy atom. The Hall–Kier alpha value is -3.21. The van der Waals surface area contributed by atoms with Gasteiger partial charge < -0.3 is 9.80 Å². The average Bonchev–Trinajstić information content (AvgIpc) is 2.78. The molecule has 2 aliphatic rings. The fourth-order valence-corrected chi connectivity index (χ4v) is 4.21. The first-order chi connectivity index (χ1) is 13.8. The van der Waals surface area contributed by atoms with Crippen LogP contribution in [0.1, 0.15) is 33.6 Å². The van der Waals surface area contributed by atoms with Gasteiger partial charge in [0.15, 0.2) is 0 Å². The van der Waals surface area contributed by atoms with Crippen molar-refractivity contribution in [2.75, 3.05) is 18.0 Å². The lowest BCUT2D eigenvalue weighted by molar-refractivity contribution is 0.0728. The first-order valence-electron chi connectivity index (χ1n) is 9.83. The highest BCUT2D eigenvalue weighted by molar-refractivity contribution is 5.93. The number of hydrogen-bond donors (Lipinski definition) is 0. The van der Waals surface area contributed by atoms with Crippen molar-refractivity contribution in [3.63, 3.8) is 0 Å². The van der Waals surface area contributed by atoms with Crippen molar-refractivity contribution < 1.29 is 4.79 Å². The third kappa shape index (κ3) is 3.03. The molecule has 2 aromatic carbocycles. The van der Waals surface area contributed by atoms with E-state index in [4.69, 9.17) is 0 Å². The maximum absolute atomic E-state index is 13.1. The highest BCUT2D eigenvalue weighted by Gasteiger charge is 2.24. The molecule has 2 aliphatic heterocycles. The normalized spacial score (nSPS) is 15.7. The number of fused-ring (bicyclic) bond motifs is 2. The van der Waals surface area contributed by atoms with Crippen LogP contribution >= 0.6 is 0 Å². The number of benzene rings is 2. The van der Waals surface area contributed by atoms with Crippen molar-refractivity contribution in [2.45, 2.75) is 25.8 Å². The van der Waals surface area contributed by atoms with Crippen molar-refractivity contribution >= 4 is 17.4 Å². The van der Waals surface area contributed by atoms with Crippen LogP contribution in [0.3, 0.4) is 0 Å². The zero-order chi connectivity index (χ0) is 18.9. The Kier molecular flexibility index (Phi) is 4.28. The smallest absolute Gasteiger partial charge is 0.272 e. The molecule has 0 radical (unpaired) electrons. The number of carbonyl (C=O) groups excluding carboxylic acids is 1. The van der Waals surface area contributed by atoms with E-state index in [-0.39, 0.29) is 5.91 Å². The van der Waals surface area contributed by atoms with E-state index in [2.05, 4.69) is 57.3 Å². The zero-order valence-corrected chi connectivity index (χ0v) is 15.7. The fraction of sp³-hybridized carbons (Fsp3) is 0.261. The fourth-order valence-electron chi connectivity index (χ4n) is 4.21. The first kappa shape index (κ1) is 16.9. The summed E-state index contributed by atoms with van der Waals surface area (Å²) < 4.78 is 0. The summed E-state index contributed by atoms with van der Waals surface area (Å²) in [5, 5.41) is 0. The van der Waals surface area contributed by atoms with Gasteiger partial charge in [0.05, 0.1) is 0 Å². The van der Waals surface area contributed by atoms with Crippen molar-refractivity contribution in [3.8, 4) is 0 Å². The Labute approximate surface area is 164 Å². The number of carbonyl (C=O) groups is 1. The van der Waals surface area contributed by atoms with E-state index in [1.165, 1.54) is 28.7 Å². The van der Waals surface area contributed by atoms with Gasteiger partial charge in [-0.1, -0.05) is 42.5 Å². The average molecular weight is 370 g/mol. The number of para-hydroxylation sites is 1. The van der Waals surface area contributed by atoms with Crippen molar-refractivity contribution in [2.24, 2.45) is 0 Å². The number of nitrogens with zero attached hydrogens (tertiary/aromatic N) is 4. The standard InChI is InChI=1S/C23H22N4O/c28-23(26-13-11-17-6-1-2-8-19(17)15-26)20-14-22(25-16-24-20)27-12-5-9-18-7-3-4-10-21(18)27/h1-4,6-8,10,14,16H,5,9,11-13,15H2. The second-order valence-corrected chi connectivity index (χ2v) is 7.39. The largest absolute Gasteiger partial charge is 0.333 e. The minimum absolute atomic E-state index is 0.0246. The Bertz CT molecular complexity index is 1030. The molecule has 0 atom stereocenters. The Balaban J connectivity index is 1.42. The summed E-state index contributed by atoms with van der Waals surface area (Å²) in [5.74, 6) is 0.770. The van der Waals surface area contributed by atoms with Crippen LogP contribution in [-0.4, -0.2) is 33.9 Å². The number of hydrogen-bond acceptors (Lipinski definition) is 4. The van der Waals surface area contributed by atoms with E-state index in [0.717, 1.165) is 38.2 Å². The van der Waals surface area contributed by atoms with Crippen LogP contribution in [-0.2, 0) is 19.4 Å². The predicted molar refractivity (Wildman–Crippen MR) is 109 cm³/mol. The maximum atomic E-state index is 13.1. The summed E-state index contributed by atoms with van der Waals surface area (Å²) in [5.41, 5.74) is 5.53. The molecule has 5 rings (SSSR count). The van der Waals surface area contributed by atoms with Crippen molar-refractivity contribution in [1.29, 1.82) is 0 Å². The third-order valence-electron chi connectivity index (χ3n) is 5.68. The Morgan fingerprint density at radius 2 is 1.64 bits per heavy atom. The van der Waals surface area contributed by atoms with Gasteiger partial charge in [0.25, 0.3) is 5.91 Å². The van der Waals surface area contributed by atoms with Crippen LogP contribution < -0.4 is 4.90 Å². The minimum Gasteiger partial charge on any atom is -0.333 e. The van der Waals surface area contributed by atoms with Gasteiger partial charge in [0.2, 0.25) is 0 Å². The van der Waals surface area contributed by atoms with Gasteiger partial charge in [0, 0.05) is 31.4 Å². The quantitative estimate of drug-likeness (QED) is 0.689. The first-order valence-corrected chi connectivity index (χ1v) is 9.83. The topological polar surface area (TPSA) is 49.3 Å². The minimum atomic E-state index is -0.0246. The third-order valence-corrected chi connectivity index (χ3v) is 5.68. The number of aromatic nitrogens is 2. The van der Waals surface area contributed by atoms with Crippen molar-refractivity contribution in [3.05, 3.63) is 83.3 Å². The molecular formula is C23H22N4O. The van der Waals surface area contributed by atoms with Crippen LogP contribution in [0.25, 0.3) is 0 Å². The van der Waals surface area contributed by atoms with E-state index >= 15 is 0 Å². The Morgan fingerprint density at radius 1 is 0.857 bits per heavy atom. The van der Waals surface area contributed by atoms with Gasteiger partial charge >= 0.3 is 0 Å². The molecule has 1 aromatic heterocycles. The van der Waals surface area contributed by atoms with E-state index < -0.39 is 0 Å². The van der Waals surface area contributed by atoms with Crippen LogP contribution in [0.5, 0.6) is 0 Å². The molecule has 140 valence electrons. The molecule has 0 saturated heterocycles. The molecule has 0 saturated carbocycles. The summed E-state index contributed by atoms with van der Waals surface area (Å²) in [6.07, 6.45) is 4.56. The summed E-state index contributed by atoms with van der Waals surface area (Å²) in [6, 6.07) is 18.6. The molecule has 3 heterocycles. The van der Waals surface area contributed by atoms with E-state index in [9.17, 15) is 4.79 Å². The molecule has 0 fully saturated rings. The molecule has 5 nitrogen and oxygen atoms in total. The second kappa shape index (κ2) is 7.08. The van der Waals surface area contributed by atoms with Gasteiger partial charge in [-0.3, -0.25) is 4.79 Å². The lowest BCUT2D eigenvalue weighted by atomic mass is 9.99. The van der Waals surface area contributed by atoms with Gasteiger partial charge in [0.1, 0.15) is 17.8 Å². The molecule has 0 unspecified atom stereocenters. The monoisotopic (exact) mass is 370 g/mol. The number of aryl methyl sites for hydroxylation is 1. The highest BCUT2D eigenvalue weighted by atomic mass is 16.2. The van der Waals surface area contributed by atoms with Crippen LogP contribution in [0, 0.1) is 0 Å². The zero-order valence-electron chi connectivity index (χ0n) is 15.7. The summed E-state index contributed by atoms with van der Waals surface area (Å²) in [4.78, 5) is 26.0. The van der Waals surface area contributed by atoms with Crippen molar-refractivity contribution in [1.82, 2.24) is 14.9 Å². The number of amides is 1. The molecule has 3 aromatic rings. The summed E-state index contributed by atoms with van der Waals surface area (Å²) >= 11 is 0. The van der Waals surface area contributed by atoms with E-state index in [1.807, 2.05) is 17.0 Å². The van der Waals surface area contributed by atoms with Crippen LogP contribution in [0.4, 0.5) is 11.5 Å². The lowest BCUT2D eigenvalue weighted by Gasteiger charge is -2.31. The molecular weight excluding hydrogens is 348 g/mol. The molecule has 5 heteroatoms. The predicted octanol–water partition coefficient (Wildman–Crippen LogP) is 3.76. The lowest BCUT2D eigenvalue weighted by Crippen LogP contribution is -2.36. The maximum Gasteiger partial charge on any atom is 0.272 e. The SMILES string of the molecule is O=C(c1cc(N2CCCc3ccccc32)ncn1)N1CCc2ccccc2C1. The van der Waals surface area contributed by atoms with Crippen LogP contribution in [0.15, 0.2) is 60.9 Å². The molecule has 0 N–H and O–H groups in total. The van der Waals surface area contributed by atoms with E-state index in [0.29, 0.717) is 12.2 Å². The number of anilines is 2. The molecule has 28 heavy (non-hydrogen) atoms. The second-order valence-electron chi connectivity index (χ2n) is 7.39. The molecule has 0 aliphatic carbocycles. The van der Waals surface area contributed by atoms with Crippen LogP contribution in [0.2, 0.25) is 0 Å². The molecule has 0 spiro atoms. The molecule has 0 bridgehead atoms. The van der Waals surface area contributed by atoms with E-state index in [1.54, 1.807) is 0 Å². The summed E-state index contributed by atoms with van der Waals surface area (Å²) in [6.45, 7) is 2.27. The van der Waals surface area contributed by atoms with Gasteiger partial charge in [-0.15, -0.1) is 0 Å². The van der Waals surface area contributed by atoms with Gasteiger partial charge in [-0.05, 0) is 42.0 Å². The number of rotatable bonds is 2. The molecule has 1 amide bonds. The van der Waals surface area contributed by atoms with Gasteiger partial charge in [-0.2, -0.15) is 0 Å².